The molecule has 19 heavy (non-hydrogen) atoms. The average Bonchev–Trinajstić information content (AvgIpc) is 2.38. The van der Waals surface area contributed by atoms with Crippen molar-refractivity contribution in [2.45, 2.75) is 25.9 Å². The SMILES string of the molecule is C#CC(C)(C)OCCCOc1cccc(C(=O)O)c1. The fourth-order valence-electron chi connectivity index (χ4n) is 1.34. The normalized spacial score (nSPS) is 10.8. The lowest BCUT2D eigenvalue weighted by atomic mass is 10.1. The van der Waals surface area contributed by atoms with Gasteiger partial charge < -0.3 is 14.6 Å². The molecule has 0 bridgehead atoms. The van der Waals surface area contributed by atoms with Crippen molar-refractivity contribution in [2.24, 2.45) is 0 Å². The standard InChI is InChI=1S/C15H18O4/c1-4-15(2,3)19-10-6-9-18-13-8-5-7-12(11-13)14(16)17/h1,5,7-8,11H,6,9-10H2,2-3H3,(H,16,17). The molecule has 0 atom stereocenters. The Hall–Kier alpha value is -1.99. The molecule has 0 saturated heterocycles. The summed E-state index contributed by atoms with van der Waals surface area (Å²) in [5.74, 6) is 2.11. The summed E-state index contributed by atoms with van der Waals surface area (Å²) in [6, 6.07) is 6.39. The minimum atomic E-state index is -0.968. The molecule has 0 radical (unpaired) electrons. The lowest BCUT2D eigenvalue weighted by molar-refractivity contribution is 0.0209. The minimum absolute atomic E-state index is 0.210. The van der Waals surface area contributed by atoms with Crippen molar-refractivity contribution in [3.8, 4) is 18.1 Å². The van der Waals surface area contributed by atoms with Crippen molar-refractivity contribution in [3.63, 3.8) is 0 Å². The first-order valence-corrected chi connectivity index (χ1v) is 6.02. The second-order valence-corrected chi connectivity index (χ2v) is 4.54. The fourth-order valence-corrected chi connectivity index (χ4v) is 1.34. The van der Waals surface area contributed by atoms with Gasteiger partial charge >= 0.3 is 5.97 Å². The summed E-state index contributed by atoms with van der Waals surface area (Å²) in [5.41, 5.74) is -0.356. The molecule has 0 aliphatic rings. The maximum atomic E-state index is 10.8. The van der Waals surface area contributed by atoms with Crippen LogP contribution in [-0.4, -0.2) is 29.9 Å². The van der Waals surface area contributed by atoms with E-state index in [1.54, 1.807) is 12.1 Å². The van der Waals surface area contributed by atoms with Crippen LogP contribution >= 0.6 is 0 Å². The van der Waals surface area contributed by atoms with Crippen molar-refractivity contribution >= 4 is 5.97 Å². The Morgan fingerprint density at radius 1 is 1.42 bits per heavy atom. The molecule has 0 saturated carbocycles. The van der Waals surface area contributed by atoms with E-state index in [1.165, 1.54) is 12.1 Å². The largest absolute Gasteiger partial charge is 0.493 e. The van der Waals surface area contributed by atoms with E-state index in [0.29, 0.717) is 25.4 Å². The molecule has 1 N–H and O–H groups in total. The maximum absolute atomic E-state index is 10.8. The van der Waals surface area contributed by atoms with Crippen LogP contribution < -0.4 is 4.74 Å². The molecule has 4 nitrogen and oxygen atoms in total. The van der Waals surface area contributed by atoms with Crippen LogP contribution in [0.2, 0.25) is 0 Å². The lowest BCUT2D eigenvalue weighted by Gasteiger charge is -2.18. The second-order valence-electron chi connectivity index (χ2n) is 4.54. The van der Waals surface area contributed by atoms with E-state index in [-0.39, 0.29) is 5.56 Å². The molecule has 102 valence electrons. The van der Waals surface area contributed by atoms with Crippen molar-refractivity contribution < 1.29 is 19.4 Å². The van der Waals surface area contributed by atoms with Crippen LogP contribution in [0.1, 0.15) is 30.6 Å². The van der Waals surface area contributed by atoms with Gasteiger partial charge in [0.1, 0.15) is 11.4 Å². The Morgan fingerprint density at radius 3 is 2.79 bits per heavy atom. The van der Waals surface area contributed by atoms with E-state index < -0.39 is 11.6 Å². The molecule has 0 fully saturated rings. The molecule has 0 amide bonds. The minimum Gasteiger partial charge on any atom is -0.493 e. The Balaban J connectivity index is 2.32. The van der Waals surface area contributed by atoms with Gasteiger partial charge in [-0.2, -0.15) is 0 Å². The summed E-state index contributed by atoms with van der Waals surface area (Å²) in [5, 5.41) is 8.84. The lowest BCUT2D eigenvalue weighted by Crippen LogP contribution is -2.22. The molecule has 1 rings (SSSR count). The van der Waals surface area contributed by atoms with E-state index >= 15 is 0 Å². The highest BCUT2D eigenvalue weighted by Crippen LogP contribution is 2.14. The van der Waals surface area contributed by atoms with Gasteiger partial charge in [0.05, 0.1) is 18.8 Å². The zero-order valence-electron chi connectivity index (χ0n) is 11.2. The van der Waals surface area contributed by atoms with Crippen molar-refractivity contribution in [1.82, 2.24) is 0 Å². The summed E-state index contributed by atoms with van der Waals surface area (Å²) in [6.45, 7) is 4.59. The van der Waals surface area contributed by atoms with Gasteiger partial charge in [-0.3, -0.25) is 0 Å². The maximum Gasteiger partial charge on any atom is 0.335 e. The smallest absolute Gasteiger partial charge is 0.335 e. The highest BCUT2D eigenvalue weighted by atomic mass is 16.5. The summed E-state index contributed by atoms with van der Waals surface area (Å²) in [7, 11) is 0. The number of carboxylic acid groups (broad SMARTS) is 1. The van der Waals surface area contributed by atoms with Crippen molar-refractivity contribution in [2.75, 3.05) is 13.2 Å². The summed E-state index contributed by atoms with van der Waals surface area (Å²) >= 11 is 0. The first-order chi connectivity index (χ1) is 8.94. The Kier molecular flexibility index (Phi) is 5.40. The molecule has 0 aromatic heterocycles. The predicted molar refractivity (Wildman–Crippen MR) is 72.4 cm³/mol. The quantitative estimate of drug-likeness (QED) is 0.606. The summed E-state index contributed by atoms with van der Waals surface area (Å²) in [6.07, 6.45) is 5.98. The van der Waals surface area contributed by atoms with E-state index in [9.17, 15) is 4.79 Å². The molecule has 1 aromatic carbocycles. The molecule has 0 aliphatic heterocycles. The first-order valence-electron chi connectivity index (χ1n) is 6.02. The van der Waals surface area contributed by atoms with Gasteiger partial charge in [-0.25, -0.2) is 4.79 Å². The van der Waals surface area contributed by atoms with Gasteiger partial charge in [0.15, 0.2) is 0 Å². The number of benzene rings is 1. The third-order valence-corrected chi connectivity index (χ3v) is 2.45. The molecular formula is C15H18O4. The predicted octanol–water partition coefficient (Wildman–Crippen LogP) is 2.58. The molecule has 0 unspecified atom stereocenters. The van der Waals surface area contributed by atoms with Gasteiger partial charge in [-0.05, 0) is 32.0 Å². The number of hydrogen-bond acceptors (Lipinski definition) is 3. The van der Waals surface area contributed by atoms with Crippen LogP contribution in [0.3, 0.4) is 0 Å². The number of rotatable bonds is 7. The number of aromatic carboxylic acids is 1. The number of carboxylic acids is 1. The van der Waals surface area contributed by atoms with Crippen LogP contribution in [0.15, 0.2) is 24.3 Å². The van der Waals surface area contributed by atoms with Crippen molar-refractivity contribution in [3.05, 3.63) is 29.8 Å². The summed E-state index contributed by atoms with van der Waals surface area (Å²) in [4.78, 5) is 10.8. The topological polar surface area (TPSA) is 55.8 Å². The fraction of sp³-hybridized carbons (Fsp3) is 0.400. The number of carbonyl (C=O) groups is 1. The molecule has 0 spiro atoms. The molecular weight excluding hydrogens is 244 g/mol. The number of terminal acetylenes is 1. The van der Waals surface area contributed by atoms with Gasteiger partial charge in [0.25, 0.3) is 0 Å². The van der Waals surface area contributed by atoms with Crippen LogP contribution in [0, 0.1) is 12.3 Å². The molecule has 0 aliphatic carbocycles. The third kappa shape index (κ3) is 5.45. The van der Waals surface area contributed by atoms with Gasteiger partial charge in [-0.1, -0.05) is 12.0 Å². The highest BCUT2D eigenvalue weighted by molar-refractivity contribution is 5.87. The van der Waals surface area contributed by atoms with Crippen LogP contribution in [-0.2, 0) is 4.74 Å². The molecule has 0 heterocycles. The van der Waals surface area contributed by atoms with Gasteiger partial charge in [0.2, 0.25) is 0 Å². The first kappa shape index (κ1) is 15.1. The van der Waals surface area contributed by atoms with E-state index in [4.69, 9.17) is 21.0 Å². The summed E-state index contributed by atoms with van der Waals surface area (Å²) < 4.78 is 10.9. The van der Waals surface area contributed by atoms with Crippen LogP contribution in [0.5, 0.6) is 5.75 Å². The Morgan fingerprint density at radius 2 is 2.16 bits per heavy atom. The Bertz CT molecular complexity index is 471. The third-order valence-electron chi connectivity index (χ3n) is 2.45. The van der Waals surface area contributed by atoms with E-state index in [0.717, 1.165) is 0 Å². The number of ether oxygens (including phenoxy) is 2. The second kappa shape index (κ2) is 6.81. The molecule has 1 aromatic rings. The zero-order chi connectivity index (χ0) is 14.3. The molecule has 4 heteroatoms. The van der Waals surface area contributed by atoms with Crippen LogP contribution in [0.25, 0.3) is 0 Å². The van der Waals surface area contributed by atoms with E-state index in [1.807, 2.05) is 13.8 Å². The van der Waals surface area contributed by atoms with Gasteiger partial charge in [-0.15, -0.1) is 6.42 Å². The number of hydrogen-bond donors (Lipinski definition) is 1. The monoisotopic (exact) mass is 262 g/mol. The van der Waals surface area contributed by atoms with E-state index in [2.05, 4.69) is 5.92 Å². The Labute approximate surface area is 113 Å². The van der Waals surface area contributed by atoms with Gasteiger partial charge in [0, 0.05) is 6.42 Å². The highest BCUT2D eigenvalue weighted by Gasteiger charge is 2.13. The zero-order valence-corrected chi connectivity index (χ0v) is 11.2. The van der Waals surface area contributed by atoms with Crippen LogP contribution in [0.4, 0.5) is 0 Å². The van der Waals surface area contributed by atoms with Crippen molar-refractivity contribution in [1.29, 1.82) is 0 Å². The average molecular weight is 262 g/mol.